The van der Waals surface area contributed by atoms with Gasteiger partial charge in [0, 0.05) is 11.8 Å². The topological polar surface area (TPSA) is 34.1 Å². The fourth-order valence-electron chi connectivity index (χ4n) is 3.36. The molecule has 0 N–H and O–H groups in total. The van der Waals surface area contributed by atoms with Gasteiger partial charge in [0.05, 0.1) is 0 Å². The van der Waals surface area contributed by atoms with Gasteiger partial charge in [-0.1, -0.05) is 19.1 Å². The quantitative estimate of drug-likeness (QED) is 0.538. The third-order valence-corrected chi connectivity index (χ3v) is 4.05. The highest BCUT2D eigenvalue weighted by Crippen LogP contribution is 2.53. The van der Waals surface area contributed by atoms with Crippen LogP contribution < -0.4 is 0 Å². The van der Waals surface area contributed by atoms with Crippen LogP contribution in [0.1, 0.15) is 6.92 Å². The summed E-state index contributed by atoms with van der Waals surface area (Å²) in [5.74, 6) is 1.31. The summed E-state index contributed by atoms with van der Waals surface area (Å²) in [4.78, 5) is 23.4. The molecule has 0 aromatic rings. The fourth-order valence-corrected chi connectivity index (χ4v) is 3.36. The third kappa shape index (κ3) is 0.770. The van der Waals surface area contributed by atoms with Crippen LogP contribution in [0.15, 0.2) is 24.3 Å². The molecule has 0 aliphatic heterocycles. The molecule has 3 aliphatic rings. The minimum Gasteiger partial charge on any atom is -0.294 e. The highest BCUT2D eigenvalue weighted by atomic mass is 16.1. The second-order valence-corrected chi connectivity index (χ2v) is 4.59. The maximum atomic E-state index is 11.7. The number of rotatable bonds is 0. The van der Waals surface area contributed by atoms with Crippen LogP contribution in [0.5, 0.6) is 0 Å². The van der Waals surface area contributed by atoms with Gasteiger partial charge in [-0.05, 0) is 29.9 Å². The maximum absolute atomic E-state index is 11.7. The molecule has 1 fully saturated rings. The molecule has 3 rings (SSSR count). The van der Waals surface area contributed by atoms with Crippen molar-refractivity contribution < 1.29 is 9.59 Å². The average Bonchev–Trinajstić information content (AvgIpc) is 2.67. The Morgan fingerprint density at radius 1 is 0.929 bits per heavy atom. The molecule has 0 aromatic carbocycles. The summed E-state index contributed by atoms with van der Waals surface area (Å²) in [5, 5.41) is 0. The van der Waals surface area contributed by atoms with Gasteiger partial charge >= 0.3 is 0 Å². The van der Waals surface area contributed by atoms with E-state index >= 15 is 0 Å². The van der Waals surface area contributed by atoms with E-state index in [1.54, 1.807) is 0 Å². The first-order valence-corrected chi connectivity index (χ1v) is 5.14. The molecule has 0 spiro atoms. The zero-order valence-electron chi connectivity index (χ0n) is 8.01. The maximum Gasteiger partial charge on any atom is 0.160 e. The van der Waals surface area contributed by atoms with E-state index in [0.717, 1.165) is 0 Å². The lowest BCUT2D eigenvalue weighted by Crippen LogP contribution is -2.34. The summed E-state index contributed by atoms with van der Waals surface area (Å²) in [6, 6.07) is 0. The van der Waals surface area contributed by atoms with Gasteiger partial charge in [0.25, 0.3) is 0 Å². The first-order chi connectivity index (χ1) is 6.70. The Morgan fingerprint density at radius 2 is 1.36 bits per heavy atom. The Labute approximate surface area is 82.7 Å². The van der Waals surface area contributed by atoms with Crippen molar-refractivity contribution in [3.05, 3.63) is 24.3 Å². The molecule has 0 saturated heterocycles. The average molecular weight is 188 g/mol. The number of carbonyl (C=O) groups excluding carboxylic acids is 2. The summed E-state index contributed by atoms with van der Waals surface area (Å²) in [6.07, 6.45) is 7.18. The zero-order chi connectivity index (χ0) is 9.87. The molecule has 3 aliphatic carbocycles. The summed E-state index contributed by atoms with van der Waals surface area (Å²) < 4.78 is 0. The molecule has 1 saturated carbocycles. The van der Waals surface area contributed by atoms with Crippen molar-refractivity contribution in [1.29, 1.82) is 0 Å². The highest BCUT2D eigenvalue weighted by molar-refractivity contribution is 6.08. The minimum atomic E-state index is -0.0440. The molecule has 0 amide bonds. The van der Waals surface area contributed by atoms with Crippen molar-refractivity contribution in [2.75, 3.05) is 0 Å². The smallest absolute Gasteiger partial charge is 0.160 e. The number of hydrogen-bond donors (Lipinski definition) is 0. The molecule has 2 nitrogen and oxygen atoms in total. The van der Waals surface area contributed by atoms with Crippen molar-refractivity contribution in [3.8, 4) is 0 Å². The monoisotopic (exact) mass is 188 g/mol. The van der Waals surface area contributed by atoms with Gasteiger partial charge in [-0.25, -0.2) is 0 Å². The number of carbonyl (C=O) groups is 2. The Hall–Kier alpha value is -1.18. The lowest BCUT2D eigenvalue weighted by Gasteiger charge is -2.26. The van der Waals surface area contributed by atoms with E-state index in [2.05, 4.69) is 19.1 Å². The van der Waals surface area contributed by atoms with E-state index in [4.69, 9.17) is 0 Å². The van der Waals surface area contributed by atoms with Gasteiger partial charge in [-0.15, -0.1) is 0 Å². The lowest BCUT2D eigenvalue weighted by molar-refractivity contribution is -0.129. The molecular formula is C12H12O2. The first-order valence-electron chi connectivity index (χ1n) is 5.14. The lowest BCUT2D eigenvalue weighted by atomic mass is 9.75. The Balaban J connectivity index is 2.10. The number of ketones is 2. The van der Waals surface area contributed by atoms with E-state index in [9.17, 15) is 9.59 Å². The summed E-state index contributed by atoms with van der Waals surface area (Å²) in [7, 11) is 0. The molecule has 0 radical (unpaired) electrons. The summed E-state index contributed by atoms with van der Waals surface area (Å²) in [5.41, 5.74) is 0. The molecule has 2 bridgehead atoms. The molecule has 4 unspecified atom stereocenters. The van der Waals surface area contributed by atoms with Crippen LogP contribution in [0.2, 0.25) is 0 Å². The molecule has 0 aromatic heterocycles. The number of allylic oxidation sites excluding steroid dienone is 4. The van der Waals surface area contributed by atoms with E-state index in [0.29, 0.717) is 17.8 Å². The van der Waals surface area contributed by atoms with Crippen LogP contribution in [0, 0.1) is 29.6 Å². The van der Waals surface area contributed by atoms with Crippen molar-refractivity contribution in [2.24, 2.45) is 29.6 Å². The minimum absolute atomic E-state index is 0.0440. The molecular weight excluding hydrogens is 176 g/mol. The van der Waals surface area contributed by atoms with E-state index in [1.807, 2.05) is 0 Å². The second-order valence-electron chi connectivity index (χ2n) is 4.59. The Morgan fingerprint density at radius 3 is 1.79 bits per heavy atom. The third-order valence-electron chi connectivity index (χ3n) is 4.05. The van der Waals surface area contributed by atoms with Gasteiger partial charge in [0.1, 0.15) is 0 Å². The SMILES string of the molecule is CC1C2C=CC1C1C(=O)C=CC(=O)C21. The second kappa shape index (κ2) is 2.44. The van der Waals surface area contributed by atoms with Gasteiger partial charge in [0.2, 0.25) is 0 Å². The molecule has 72 valence electrons. The first kappa shape index (κ1) is 8.16. The fraction of sp³-hybridized carbons (Fsp3) is 0.500. The van der Waals surface area contributed by atoms with Gasteiger partial charge < -0.3 is 0 Å². The van der Waals surface area contributed by atoms with E-state index < -0.39 is 0 Å². The van der Waals surface area contributed by atoms with Crippen LogP contribution in [0.4, 0.5) is 0 Å². The van der Waals surface area contributed by atoms with Crippen LogP contribution >= 0.6 is 0 Å². The van der Waals surface area contributed by atoms with Crippen molar-refractivity contribution in [2.45, 2.75) is 6.92 Å². The predicted octanol–water partition coefficient (Wildman–Crippen LogP) is 1.38. The Kier molecular flexibility index (Phi) is 1.42. The van der Waals surface area contributed by atoms with Crippen molar-refractivity contribution in [3.63, 3.8) is 0 Å². The van der Waals surface area contributed by atoms with Gasteiger partial charge in [0.15, 0.2) is 11.6 Å². The molecule has 4 atom stereocenters. The number of fused-ring (bicyclic) bond motifs is 5. The molecule has 2 heteroatoms. The summed E-state index contributed by atoms with van der Waals surface area (Å²) in [6.45, 7) is 2.15. The van der Waals surface area contributed by atoms with Gasteiger partial charge in [-0.2, -0.15) is 0 Å². The zero-order valence-corrected chi connectivity index (χ0v) is 8.01. The van der Waals surface area contributed by atoms with Crippen LogP contribution in [-0.2, 0) is 9.59 Å². The highest BCUT2D eigenvalue weighted by Gasteiger charge is 2.55. The van der Waals surface area contributed by atoms with Crippen molar-refractivity contribution >= 4 is 11.6 Å². The predicted molar refractivity (Wildman–Crippen MR) is 51.4 cm³/mol. The van der Waals surface area contributed by atoms with Gasteiger partial charge in [-0.3, -0.25) is 9.59 Å². The Bertz CT molecular complexity index is 344. The van der Waals surface area contributed by atoms with E-state index in [-0.39, 0.29) is 23.4 Å². The van der Waals surface area contributed by atoms with E-state index in [1.165, 1.54) is 12.2 Å². The van der Waals surface area contributed by atoms with Crippen molar-refractivity contribution in [1.82, 2.24) is 0 Å². The van der Waals surface area contributed by atoms with Crippen LogP contribution in [0.25, 0.3) is 0 Å². The van der Waals surface area contributed by atoms with Crippen LogP contribution in [0.3, 0.4) is 0 Å². The molecule has 0 heterocycles. The van der Waals surface area contributed by atoms with Crippen LogP contribution in [-0.4, -0.2) is 11.6 Å². The number of hydrogen-bond acceptors (Lipinski definition) is 2. The normalized spacial score (nSPS) is 48.8. The largest absolute Gasteiger partial charge is 0.294 e. The summed E-state index contributed by atoms with van der Waals surface area (Å²) >= 11 is 0. The standard InChI is InChI=1S/C12H12O2/c1-6-7-2-3-8(6)12-10(14)5-4-9(13)11(7)12/h2-8,11-12H,1H3. The molecule has 14 heavy (non-hydrogen) atoms.